The van der Waals surface area contributed by atoms with Crippen molar-refractivity contribution in [2.45, 2.75) is 19.0 Å². The molecule has 0 saturated heterocycles. The Morgan fingerprint density at radius 1 is 0.750 bits per heavy atom. The van der Waals surface area contributed by atoms with E-state index in [0.717, 1.165) is 11.1 Å². The fourth-order valence-corrected chi connectivity index (χ4v) is 1.85. The first-order valence-corrected chi connectivity index (χ1v) is 5.53. The zero-order valence-electron chi connectivity index (χ0n) is 9.31. The van der Waals surface area contributed by atoms with Gasteiger partial charge in [-0.2, -0.15) is 0 Å². The summed E-state index contributed by atoms with van der Waals surface area (Å²) in [5.74, 6) is -0.108. The zero-order chi connectivity index (χ0) is 11.4. The lowest BCUT2D eigenvalue weighted by molar-refractivity contribution is 0.299. The van der Waals surface area contributed by atoms with Crippen LogP contribution in [0.4, 0.5) is 4.39 Å². The lowest BCUT2D eigenvalue weighted by Gasteiger charge is -2.17. The van der Waals surface area contributed by atoms with Crippen LogP contribution >= 0.6 is 0 Å². The summed E-state index contributed by atoms with van der Waals surface area (Å²) in [6, 6.07) is 19.1. The molecule has 0 unspecified atom stereocenters. The lowest BCUT2D eigenvalue weighted by Crippen LogP contribution is -2.03. The van der Waals surface area contributed by atoms with E-state index in [2.05, 4.69) is 0 Å². The Balaban J connectivity index is 2.20. The molecule has 0 radical (unpaired) electrons. The van der Waals surface area contributed by atoms with E-state index in [0.29, 0.717) is 0 Å². The monoisotopic (exact) mass is 214 g/mol. The van der Waals surface area contributed by atoms with Gasteiger partial charge in [0, 0.05) is 5.92 Å². The van der Waals surface area contributed by atoms with Crippen LogP contribution in [0.5, 0.6) is 0 Å². The van der Waals surface area contributed by atoms with Gasteiger partial charge >= 0.3 is 0 Å². The second kappa shape index (κ2) is 4.93. The van der Waals surface area contributed by atoms with Crippen LogP contribution in [0.2, 0.25) is 0 Å². The number of hydrogen-bond acceptors (Lipinski definition) is 0. The predicted octanol–water partition coefficient (Wildman–Crippen LogP) is 4.50. The number of hydrogen-bond donors (Lipinski definition) is 0. The fourth-order valence-electron chi connectivity index (χ4n) is 1.85. The van der Waals surface area contributed by atoms with Gasteiger partial charge in [0.15, 0.2) is 0 Å². The third-order valence-electron chi connectivity index (χ3n) is 2.88. The van der Waals surface area contributed by atoms with E-state index in [1.165, 1.54) is 0 Å². The van der Waals surface area contributed by atoms with Crippen molar-refractivity contribution in [2.24, 2.45) is 0 Å². The van der Waals surface area contributed by atoms with Crippen molar-refractivity contribution in [3.05, 3.63) is 71.8 Å². The van der Waals surface area contributed by atoms with Crippen LogP contribution in [-0.2, 0) is 0 Å². The zero-order valence-corrected chi connectivity index (χ0v) is 9.31. The third kappa shape index (κ3) is 2.30. The summed E-state index contributed by atoms with van der Waals surface area (Å²) in [4.78, 5) is 0. The van der Waals surface area contributed by atoms with Crippen molar-refractivity contribution in [2.75, 3.05) is 0 Å². The van der Waals surface area contributed by atoms with Gasteiger partial charge in [-0.15, -0.1) is 0 Å². The van der Waals surface area contributed by atoms with Crippen molar-refractivity contribution in [3.8, 4) is 0 Å². The molecule has 82 valence electrons. The van der Waals surface area contributed by atoms with Gasteiger partial charge in [-0.25, -0.2) is 4.39 Å². The van der Waals surface area contributed by atoms with E-state index >= 15 is 0 Å². The molecule has 0 N–H and O–H groups in total. The Hall–Kier alpha value is -1.63. The topological polar surface area (TPSA) is 0 Å². The van der Waals surface area contributed by atoms with E-state index < -0.39 is 6.17 Å². The van der Waals surface area contributed by atoms with Crippen molar-refractivity contribution >= 4 is 0 Å². The number of benzene rings is 2. The van der Waals surface area contributed by atoms with E-state index in [1.54, 1.807) is 0 Å². The maximum Gasteiger partial charge on any atom is 0.132 e. The average molecular weight is 214 g/mol. The normalized spacial score (nSPS) is 14.4. The molecular formula is C15H15F. The minimum Gasteiger partial charge on any atom is -0.242 e. The molecule has 0 aromatic heterocycles. The van der Waals surface area contributed by atoms with Crippen LogP contribution in [0.15, 0.2) is 60.7 Å². The first-order chi connectivity index (χ1) is 7.79. The molecule has 0 bridgehead atoms. The molecule has 0 aliphatic rings. The summed E-state index contributed by atoms with van der Waals surface area (Å²) >= 11 is 0. The highest BCUT2D eigenvalue weighted by molar-refractivity contribution is 5.25. The fraction of sp³-hybridized carbons (Fsp3) is 0.200. The van der Waals surface area contributed by atoms with Gasteiger partial charge in [-0.3, -0.25) is 0 Å². The molecule has 2 aromatic rings. The number of rotatable bonds is 3. The summed E-state index contributed by atoms with van der Waals surface area (Å²) in [6.07, 6.45) is -0.941. The molecule has 0 fully saturated rings. The summed E-state index contributed by atoms with van der Waals surface area (Å²) in [5.41, 5.74) is 1.79. The molecule has 0 saturated carbocycles. The largest absolute Gasteiger partial charge is 0.242 e. The lowest BCUT2D eigenvalue weighted by atomic mass is 9.92. The molecule has 0 aliphatic carbocycles. The summed E-state index contributed by atoms with van der Waals surface area (Å²) < 4.78 is 14.2. The summed E-state index contributed by atoms with van der Waals surface area (Å²) in [6.45, 7) is 1.92. The summed E-state index contributed by atoms with van der Waals surface area (Å²) in [5, 5.41) is 0. The van der Waals surface area contributed by atoms with Crippen molar-refractivity contribution in [1.82, 2.24) is 0 Å². The third-order valence-corrected chi connectivity index (χ3v) is 2.88. The van der Waals surface area contributed by atoms with Crippen LogP contribution < -0.4 is 0 Å². The summed E-state index contributed by atoms with van der Waals surface area (Å²) in [7, 11) is 0. The van der Waals surface area contributed by atoms with Crippen molar-refractivity contribution in [1.29, 1.82) is 0 Å². The maximum absolute atomic E-state index is 14.2. The van der Waals surface area contributed by atoms with Crippen LogP contribution in [-0.4, -0.2) is 0 Å². The van der Waals surface area contributed by atoms with E-state index in [9.17, 15) is 4.39 Å². The van der Waals surface area contributed by atoms with Gasteiger partial charge < -0.3 is 0 Å². The molecule has 0 nitrogen and oxygen atoms in total. The minimum absolute atomic E-state index is 0.108. The first-order valence-electron chi connectivity index (χ1n) is 5.53. The van der Waals surface area contributed by atoms with Gasteiger partial charge in [-0.05, 0) is 11.1 Å². The Morgan fingerprint density at radius 2 is 1.19 bits per heavy atom. The highest BCUT2D eigenvalue weighted by Gasteiger charge is 2.19. The molecule has 2 rings (SSSR count). The molecular weight excluding hydrogens is 199 g/mol. The predicted molar refractivity (Wildman–Crippen MR) is 65.1 cm³/mol. The average Bonchev–Trinajstić information content (AvgIpc) is 2.39. The van der Waals surface area contributed by atoms with E-state index in [-0.39, 0.29) is 5.92 Å². The first kappa shape index (κ1) is 10.9. The molecule has 1 heteroatoms. The van der Waals surface area contributed by atoms with Gasteiger partial charge in [-0.1, -0.05) is 67.6 Å². The second-order valence-electron chi connectivity index (χ2n) is 4.01. The van der Waals surface area contributed by atoms with Gasteiger partial charge in [0.1, 0.15) is 6.17 Å². The highest BCUT2D eigenvalue weighted by atomic mass is 19.1. The SMILES string of the molecule is C[C@H](c1ccccc1)[C@@H](F)c1ccccc1. The standard InChI is InChI=1S/C15H15F/c1-12(13-8-4-2-5-9-13)15(16)14-10-6-3-7-11-14/h2-12,15H,1H3/t12-,15-/m1/s1. The molecule has 0 spiro atoms. The molecule has 0 heterocycles. The van der Waals surface area contributed by atoms with Crippen molar-refractivity contribution in [3.63, 3.8) is 0 Å². The second-order valence-corrected chi connectivity index (χ2v) is 4.01. The molecule has 0 amide bonds. The van der Waals surface area contributed by atoms with Crippen LogP contribution in [0.25, 0.3) is 0 Å². The quantitative estimate of drug-likeness (QED) is 0.705. The van der Waals surface area contributed by atoms with E-state index in [4.69, 9.17) is 0 Å². The molecule has 2 aromatic carbocycles. The smallest absolute Gasteiger partial charge is 0.132 e. The molecule has 2 atom stereocenters. The molecule has 16 heavy (non-hydrogen) atoms. The number of alkyl halides is 1. The molecule has 0 aliphatic heterocycles. The van der Waals surface area contributed by atoms with Crippen LogP contribution in [0.3, 0.4) is 0 Å². The Morgan fingerprint density at radius 3 is 1.69 bits per heavy atom. The maximum atomic E-state index is 14.2. The highest BCUT2D eigenvalue weighted by Crippen LogP contribution is 2.33. The van der Waals surface area contributed by atoms with Gasteiger partial charge in [0.25, 0.3) is 0 Å². The van der Waals surface area contributed by atoms with Crippen LogP contribution in [0.1, 0.15) is 30.1 Å². The van der Waals surface area contributed by atoms with Gasteiger partial charge in [0.05, 0.1) is 0 Å². The van der Waals surface area contributed by atoms with Gasteiger partial charge in [0.2, 0.25) is 0 Å². The Labute approximate surface area is 95.7 Å². The minimum atomic E-state index is -0.941. The number of halogens is 1. The van der Waals surface area contributed by atoms with Crippen LogP contribution in [0, 0.1) is 0 Å². The van der Waals surface area contributed by atoms with E-state index in [1.807, 2.05) is 67.6 Å². The Kier molecular flexibility index (Phi) is 3.35. The Bertz CT molecular complexity index is 378. The van der Waals surface area contributed by atoms with Crippen molar-refractivity contribution < 1.29 is 4.39 Å².